The first kappa shape index (κ1) is 10.9. The maximum Gasteiger partial charge on any atom is 0.239 e. The van der Waals surface area contributed by atoms with Crippen molar-refractivity contribution in [3.63, 3.8) is 0 Å². The number of aromatic nitrogens is 3. The van der Waals surface area contributed by atoms with Crippen LogP contribution < -0.4 is 15.8 Å². The average molecular weight is 233 g/mol. The van der Waals surface area contributed by atoms with Crippen molar-refractivity contribution in [3.05, 3.63) is 24.4 Å². The molecule has 7 heteroatoms. The molecule has 0 bridgehead atoms. The van der Waals surface area contributed by atoms with Crippen molar-refractivity contribution in [2.75, 3.05) is 18.2 Å². The number of ether oxygens (including phenoxy) is 1. The number of aromatic hydroxyl groups is 1. The van der Waals surface area contributed by atoms with Gasteiger partial charge in [0.25, 0.3) is 0 Å². The molecule has 17 heavy (non-hydrogen) atoms. The van der Waals surface area contributed by atoms with E-state index in [1.54, 1.807) is 18.2 Å². The fraction of sp³-hybridized carbons (Fsp3) is 0.100. The van der Waals surface area contributed by atoms with E-state index in [1.165, 1.54) is 13.3 Å². The quantitative estimate of drug-likeness (QED) is 0.723. The Morgan fingerprint density at radius 2 is 2.18 bits per heavy atom. The molecule has 2 aromatic heterocycles. The first-order chi connectivity index (χ1) is 8.19. The van der Waals surface area contributed by atoms with Crippen LogP contribution in [-0.4, -0.2) is 27.2 Å². The summed E-state index contributed by atoms with van der Waals surface area (Å²) < 4.78 is 4.97. The van der Waals surface area contributed by atoms with Crippen LogP contribution >= 0.6 is 0 Å². The predicted molar refractivity (Wildman–Crippen MR) is 62.2 cm³/mol. The highest BCUT2D eigenvalue weighted by Crippen LogP contribution is 2.19. The van der Waals surface area contributed by atoms with Gasteiger partial charge in [0.1, 0.15) is 11.5 Å². The van der Waals surface area contributed by atoms with Crippen molar-refractivity contribution in [2.45, 2.75) is 0 Å². The maximum absolute atomic E-state index is 9.32. The summed E-state index contributed by atoms with van der Waals surface area (Å²) in [7, 11) is 1.53. The van der Waals surface area contributed by atoms with Gasteiger partial charge in [0.15, 0.2) is 0 Å². The molecule has 4 N–H and O–H groups in total. The third-order valence-electron chi connectivity index (χ3n) is 1.97. The molecule has 2 aromatic rings. The number of anilines is 3. The van der Waals surface area contributed by atoms with E-state index in [4.69, 9.17) is 10.5 Å². The minimum Gasteiger partial charge on any atom is -0.492 e. The highest BCUT2D eigenvalue weighted by Gasteiger charge is 2.04. The highest BCUT2D eigenvalue weighted by molar-refractivity contribution is 5.53. The lowest BCUT2D eigenvalue weighted by molar-refractivity contribution is 0.398. The summed E-state index contributed by atoms with van der Waals surface area (Å²) in [5.41, 5.74) is 5.51. The summed E-state index contributed by atoms with van der Waals surface area (Å²) in [4.78, 5) is 11.8. The molecule has 0 fully saturated rings. The fourth-order valence-electron chi connectivity index (χ4n) is 1.16. The summed E-state index contributed by atoms with van der Waals surface area (Å²) in [6.07, 6.45) is 1.31. The molecule has 0 aromatic carbocycles. The second kappa shape index (κ2) is 4.52. The van der Waals surface area contributed by atoms with Crippen LogP contribution in [0.3, 0.4) is 0 Å². The van der Waals surface area contributed by atoms with Gasteiger partial charge in [-0.3, -0.25) is 0 Å². The van der Waals surface area contributed by atoms with Gasteiger partial charge in [-0.1, -0.05) is 6.07 Å². The van der Waals surface area contributed by atoms with E-state index in [1.807, 2.05) is 0 Å². The number of nitrogens with two attached hydrogens (primary N) is 1. The number of nitrogens with zero attached hydrogens (tertiary/aromatic N) is 3. The number of nitrogens with one attached hydrogen (secondary N) is 1. The van der Waals surface area contributed by atoms with Crippen molar-refractivity contribution >= 4 is 17.5 Å². The summed E-state index contributed by atoms with van der Waals surface area (Å²) in [5, 5.41) is 12.1. The highest BCUT2D eigenvalue weighted by atomic mass is 16.5. The van der Waals surface area contributed by atoms with Crippen LogP contribution in [0.2, 0.25) is 0 Å². The second-order valence-electron chi connectivity index (χ2n) is 3.16. The van der Waals surface area contributed by atoms with E-state index in [2.05, 4.69) is 20.3 Å². The Kier molecular flexibility index (Phi) is 2.91. The Morgan fingerprint density at radius 3 is 2.88 bits per heavy atom. The largest absolute Gasteiger partial charge is 0.492 e. The smallest absolute Gasteiger partial charge is 0.239 e. The van der Waals surface area contributed by atoms with Gasteiger partial charge in [0, 0.05) is 6.07 Å². The number of methoxy groups -OCH3 is 1. The molecule has 0 aliphatic carbocycles. The SMILES string of the molecule is COc1cccc(Nc2ncc(N)c(O)n2)n1. The second-order valence-corrected chi connectivity index (χ2v) is 3.16. The van der Waals surface area contributed by atoms with Gasteiger partial charge in [0.05, 0.1) is 13.3 Å². The molecule has 2 heterocycles. The Hall–Kier alpha value is -2.57. The Balaban J connectivity index is 2.22. The molecule has 2 rings (SSSR count). The minimum absolute atomic E-state index is 0.120. The van der Waals surface area contributed by atoms with Crippen molar-refractivity contribution in [3.8, 4) is 11.8 Å². The molecule has 0 unspecified atom stereocenters. The van der Waals surface area contributed by atoms with Gasteiger partial charge in [-0.25, -0.2) is 4.98 Å². The third-order valence-corrected chi connectivity index (χ3v) is 1.97. The van der Waals surface area contributed by atoms with Crippen molar-refractivity contribution in [1.29, 1.82) is 0 Å². The molecular formula is C10H11N5O2. The molecule has 0 atom stereocenters. The Labute approximate surface area is 97.3 Å². The Morgan fingerprint density at radius 1 is 1.35 bits per heavy atom. The first-order valence-corrected chi connectivity index (χ1v) is 4.78. The van der Waals surface area contributed by atoms with E-state index >= 15 is 0 Å². The maximum atomic E-state index is 9.32. The number of nitrogen functional groups attached to an aromatic ring is 1. The molecule has 0 aliphatic heterocycles. The van der Waals surface area contributed by atoms with Gasteiger partial charge in [-0.15, -0.1) is 0 Å². The van der Waals surface area contributed by atoms with Crippen LogP contribution in [0.25, 0.3) is 0 Å². The van der Waals surface area contributed by atoms with Crippen LogP contribution in [0.4, 0.5) is 17.5 Å². The zero-order chi connectivity index (χ0) is 12.3. The van der Waals surface area contributed by atoms with Crippen LogP contribution in [0.15, 0.2) is 24.4 Å². The lowest BCUT2D eigenvalue weighted by atomic mass is 10.4. The topological polar surface area (TPSA) is 106 Å². The number of hydrogen-bond acceptors (Lipinski definition) is 7. The normalized spacial score (nSPS) is 9.94. The minimum atomic E-state index is -0.273. The predicted octanol–water partition coefficient (Wildman–Crippen LogP) is 0.912. The average Bonchev–Trinajstić information content (AvgIpc) is 2.34. The molecule has 0 radical (unpaired) electrons. The zero-order valence-corrected chi connectivity index (χ0v) is 9.08. The van der Waals surface area contributed by atoms with Crippen molar-refractivity contribution < 1.29 is 9.84 Å². The van der Waals surface area contributed by atoms with E-state index < -0.39 is 0 Å². The van der Waals surface area contributed by atoms with Gasteiger partial charge in [-0.05, 0) is 6.07 Å². The third kappa shape index (κ3) is 2.51. The summed E-state index contributed by atoms with van der Waals surface area (Å²) in [6, 6.07) is 5.21. The summed E-state index contributed by atoms with van der Waals surface area (Å²) in [5.74, 6) is 0.908. The van der Waals surface area contributed by atoms with Crippen molar-refractivity contribution in [1.82, 2.24) is 15.0 Å². The summed E-state index contributed by atoms with van der Waals surface area (Å²) in [6.45, 7) is 0. The fourth-order valence-corrected chi connectivity index (χ4v) is 1.16. The molecule has 7 nitrogen and oxygen atoms in total. The van der Waals surface area contributed by atoms with E-state index in [0.29, 0.717) is 11.7 Å². The molecular weight excluding hydrogens is 222 g/mol. The van der Waals surface area contributed by atoms with Gasteiger partial charge < -0.3 is 20.9 Å². The number of hydrogen-bond donors (Lipinski definition) is 3. The van der Waals surface area contributed by atoms with Gasteiger partial charge in [-0.2, -0.15) is 9.97 Å². The molecule has 0 amide bonds. The van der Waals surface area contributed by atoms with Gasteiger partial charge >= 0.3 is 0 Å². The molecule has 0 saturated heterocycles. The van der Waals surface area contributed by atoms with E-state index in [-0.39, 0.29) is 17.5 Å². The van der Waals surface area contributed by atoms with Crippen LogP contribution in [0.1, 0.15) is 0 Å². The van der Waals surface area contributed by atoms with Crippen LogP contribution in [0.5, 0.6) is 11.8 Å². The molecule has 0 spiro atoms. The lowest BCUT2D eigenvalue weighted by Crippen LogP contribution is -2.01. The first-order valence-electron chi connectivity index (χ1n) is 4.78. The summed E-state index contributed by atoms with van der Waals surface area (Å²) >= 11 is 0. The lowest BCUT2D eigenvalue weighted by Gasteiger charge is -2.06. The van der Waals surface area contributed by atoms with Crippen LogP contribution in [-0.2, 0) is 0 Å². The zero-order valence-electron chi connectivity index (χ0n) is 9.08. The standard InChI is InChI=1S/C10H11N5O2/c1-17-8-4-2-3-7(13-8)14-10-12-5-6(11)9(16)15-10/h2-5H,11H2,1H3,(H2,12,13,14,15,16). The van der Waals surface area contributed by atoms with E-state index in [9.17, 15) is 5.11 Å². The monoisotopic (exact) mass is 233 g/mol. The van der Waals surface area contributed by atoms with Crippen molar-refractivity contribution in [2.24, 2.45) is 0 Å². The van der Waals surface area contributed by atoms with Gasteiger partial charge in [0.2, 0.25) is 17.7 Å². The molecule has 88 valence electrons. The molecule has 0 aliphatic rings. The number of pyridine rings is 1. The molecule has 0 saturated carbocycles. The Bertz CT molecular complexity index is 532. The van der Waals surface area contributed by atoms with Crippen LogP contribution in [0, 0.1) is 0 Å². The number of rotatable bonds is 3. The van der Waals surface area contributed by atoms with E-state index in [0.717, 1.165) is 0 Å².